The van der Waals surface area contributed by atoms with Crippen LogP contribution in [0.4, 0.5) is 11.4 Å². The maximum absolute atomic E-state index is 11.5. The van der Waals surface area contributed by atoms with Gasteiger partial charge in [-0.1, -0.05) is 12.1 Å². The van der Waals surface area contributed by atoms with Crippen LogP contribution in [-0.2, 0) is 4.79 Å². The third kappa shape index (κ3) is 2.33. The molecule has 0 aliphatic carbocycles. The number of benzene rings is 1. The number of hydrogen-bond acceptors (Lipinski definition) is 3. The highest BCUT2D eigenvalue weighted by molar-refractivity contribution is 6.01. The molecule has 0 saturated carbocycles. The van der Waals surface area contributed by atoms with Gasteiger partial charge in [-0.05, 0) is 32.1 Å². The van der Waals surface area contributed by atoms with E-state index in [0.29, 0.717) is 6.54 Å². The first-order valence-corrected chi connectivity index (χ1v) is 5.59. The summed E-state index contributed by atoms with van der Waals surface area (Å²) >= 11 is 0. The van der Waals surface area contributed by atoms with E-state index in [4.69, 9.17) is 0 Å². The number of nitrogens with zero attached hydrogens (tertiary/aromatic N) is 1. The van der Waals surface area contributed by atoms with E-state index in [2.05, 4.69) is 15.5 Å². The molecule has 1 aliphatic heterocycles. The van der Waals surface area contributed by atoms with Crippen molar-refractivity contribution in [2.45, 2.75) is 6.42 Å². The fraction of sp³-hybridized carbons (Fsp3) is 0.417. The van der Waals surface area contributed by atoms with E-state index in [1.165, 1.54) is 0 Å². The van der Waals surface area contributed by atoms with Crippen molar-refractivity contribution >= 4 is 17.3 Å². The molecule has 0 atom stereocenters. The van der Waals surface area contributed by atoms with Crippen LogP contribution in [0.15, 0.2) is 24.3 Å². The van der Waals surface area contributed by atoms with Crippen LogP contribution in [0.5, 0.6) is 0 Å². The van der Waals surface area contributed by atoms with Gasteiger partial charge < -0.3 is 15.5 Å². The molecule has 0 fully saturated rings. The van der Waals surface area contributed by atoms with Gasteiger partial charge in [-0.25, -0.2) is 0 Å². The predicted octanol–water partition coefficient (Wildman–Crippen LogP) is 1.05. The largest absolute Gasteiger partial charge is 0.360 e. The second-order valence-corrected chi connectivity index (χ2v) is 3.94. The lowest BCUT2D eigenvalue weighted by molar-refractivity contribution is -0.115. The van der Waals surface area contributed by atoms with Gasteiger partial charge in [-0.15, -0.1) is 0 Å². The summed E-state index contributed by atoms with van der Waals surface area (Å²) in [4.78, 5) is 13.6. The van der Waals surface area contributed by atoms with Gasteiger partial charge in [-0.3, -0.25) is 4.79 Å². The minimum absolute atomic E-state index is 0.0724. The van der Waals surface area contributed by atoms with Crippen molar-refractivity contribution < 1.29 is 4.79 Å². The molecule has 4 nitrogen and oxygen atoms in total. The number of para-hydroxylation sites is 2. The van der Waals surface area contributed by atoms with E-state index >= 15 is 0 Å². The highest BCUT2D eigenvalue weighted by Crippen LogP contribution is 2.28. The van der Waals surface area contributed by atoms with Crippen molar-refractivity contribution in [2.24, 2.45) is 0 Å². The summed E-state index contributed by atoms with van der Waals surface area (Å²) in [5.41, 5.74) is 2.04. The topological polar surface area (TPSA) is 44.4 Å². The minimum atomic E-state index is 0.0724. The maximum Gasteiger partial charge on any atom is 0.243 e. The number of hydrogen-bond donors (Lipinski definition) is 2. The lowest BCUT2D eigenvalue weighted by Crippen LogP contribution is -2.39. The summed E-state index contributed by atoms with van der Waals surface area (Å²) in [6.45, 7) is 2.34. The fourth-order valence-electron chi connectivity index (χ4n) is 1.95. The van der Waals surface area contributed by atoms with Crippen LogP contribution in [0.2, 0.25) is 0 Å². The summed E-state index contributed by atoms with van der Waals surface area (Å²) in [5, 5.41) is 6.00. The third-order valence-electron chi connectivity index (χ3n) is 2.71. The highest BCUT2D eigenvalue weighted by atomic mass is 16.2. The Bertz CT molecular complexity index is 378. The van der Waals surface area contributed by atoms with Crippen molar-refractivity contribution in [3.05, 3.63) is 24.3 Å². The first kappa shape index (κ1) is 11.0. The molecule has 0 aromatic heterocycles. The molecule has 2 N–H and O–H groups in total. The molecule has 0 bridgehead atoms. The Kier molecular flexibility index (Phi) is 3.41. The molecule has 16 heavy (non-hydrogen) atoms. The number of amides is 1. The van der Waals surface area contributed by atoms with Gasteiger partial charge in [0.25, 0.3) is 0 Å². The van der Waals surface area contributed by atoms with Crippen molar-refractivity contribution in [1.29, 1.82) is 0 Å². The Morgan fingerprint density at radius 3 is 3.06 bits per heavy atom. The van der Waals surface area contributed by atoms with Crippen LogP contribution < -0.4 is 15.5 Å². The molecular weight excluding hydrogens is 202 g/mol. The molecule has 0 radical (unpaired) electrons. The van der Waals surface area contributed by atoms with Crippen LogP contribution in [0.3, 0.4) is 0 Å². The molecule has 0 spiro atoms. The third-order valence-corrected chi connectivity index (χ3v) is 2.71. The second kappa shape index (κ2) is 4.99. The Balaban J connectivity index is 2.10. The van der Waals surface area contributed by atoms with Crippen molar-refractivity contribution in [2.75, 3.05) is 36.9 Å². The SMILES string of the molecule is CNCCCN1CC(=O)Nc2ccccc21. The molecular formula is C12H17N3O. The molecule has 4 heteroatoms. The summed E-state index contributed by atoms with van der Waals surface area (Å²) in [7, 11) is 1.94. The Hall–Kier alpha value is -1.55. The zero-order valence-electron chi connectivity index (χ0n) is 9.49. The number of nitrogens with one attached hydrogen (secondary N) is 2. The molecule has 1 heterocycles. The van der Waals surface area contributed by atoms with Gasteiger partial charge in [0.2, 0.25) is 5.91 Å². The normalized spacial score (nSPS) is 14.6. The summed E-state index contributed by atoms with van der Waals surface area (Å²) in [5.74, 6) is 0.0724. The molecule has 0 unspecified atom stereocenters. The van der Waals surface area contributed by atoms with Gasteiger partial charge in [0.15, 0.2) is 0 Å². The smallest absolute Gasteiger partial charge is 0.243 e. The van der Waals surface area contributed by atoms with Gasteiger partial charge in [0, 0.05) is 6.54 Å². The van der Waals surface area contributed by atoms with Crippen molar-refractivity contribution in [3.8, 4) is 0 Å². The zero-order valence-corrected chi connectivity index (χ0v) is 9.49. The molecule has 1 aromatic carbocycles. The van der Waals surface area contributed by atoms with Crippen LogP contribution in [-0.4, -0.2) is 32.6 Å². The number of rotatable bonds is 4. The number of fused-ring (bicyclic) bond motifs is 1. The van der Waals surface area contributed by atoms with E-state index in [1.54, 1.807) is 0 Å². The van der Waals surface area contributed by atoms with E-state index in [0.717, 1.165) is 30.9 Å². The van der Waals surface area contributed by atoms with E-state index in [1.807, 2.05) is 31.3 Å². The molecule has 1 aliphatic rings. The number of carbonyl (C=O) groups is 1. The Morgan fingerprint density at radius 2 is 2.25 bits per heavy atom. The maximum atomic E-state index is 11.5. The lowest BCUT2D eigenvalue weighted by atomic mass is 10.2. The van der Waals surface area contributed by atoms with Crippen LogP contribution in [0.25, 0.3) is 0 Å². The van der Waals surface area contributed by atoms with Crippen LogP contribution in [0, 0.1) is 0 Å². The molecule has 86 valence electrons. The first-order valence-electron chi connectivity index (χ1n) is 5.59. The van der Waals surface area contributed by atoms with E-state index in [9.17, 15) is 4.79 Å². The predicted molar refractivity (Wildman–Crippen MR) is 65.8 cm³/mol. The monoisotopic (exact) mass is 219 g/mol. The number of carbonyl (C=O) groups excluding carboxylic acids is 1. The molecule has 1 amide bonds. The van der Waals surface area contributed by atoms with Gasteiger partial charge in [-0.2, -0.15) is 0 Å². The average Bonchev–Trinajstić information content (AvgIpc) is 2.29. The second-order valence-electron chi connectivity index (χ2n) is 3.94. The quantitative estimate of drug-likeness (QED) is 0.744. The van der Waals surface area contributed by atoms with Gasteiger partial charge >= 0.3 is 0 Å². The molecule has 1 aromatic rings. The lowest BCUT2D eigenvalue weighted by Gasteiger charge is -2.30. The summed E-state index contributed by atoms with van der Waals surface area (Å²) < 4.78 is 0. The standard InChI is InChI=1S/C12H17N3O/c1-13-7-4-8-15-9-12(16)14-10-5-2-3-6-11(10)15/h2-3,5-6,13H,4,7-9H2,1H3,(H,14,16). The molecule has 0 saturated heterocycles. The minimum Gasteiger partial charge on any atom is -0.360 e. The summed E-state index contributed by atoms with van der Waals surface area (Å²) in [6, 6.07) is 7.93. The zero-order chi connectivity index (χ0) is 11.4. The molecule has 2 rings (SSSR count). The van der Waals surface area contributed by atoms with Crippen LogP contribution in [0.1, 0.15) is 6.42 Å². The fourth-order valence-corrected chi connectivity index (χ4v) is 1.95. The summed E-state index contributed by atoms with van der Waals surface area (Å²) in [6.07, 6.45) is 1.04. The Morgan fingerprint density at radius 1 is 1.44 bits per heavy atom. The van der Waals surface area contributed by atoms with E-state index < -0.39 is 0 Å². The Labute approximate surface area is 95.6 Å². The number of anilines is 2. The van der Waals surface area contributed by atoms with Crippen molar-refractivity contribution in [3.63, 3.8) is 0 Å². The average molecular weight is 219 g/mol. The van der Waals surface area contributed by atoms with E-state index in [-0.39, 0.29) is 5.91 Å². The first-order chi connectivity index (χ1) is 7.81. The van der Waals surface area contributed by atoms with Crippen molar-refractivity contribution in [1.82, 2.24) is 5.32 Å². The van der Waals surface area contributed by atoms with Gasteiger partial charge in [0.05, 0.1) is 17.9 Å². The van der Waals surface area contributed by atoms with Crippen LogP contribution >= 0.6 is 0 Å². The van der Waals surface area contributed by atoms with Gasteiger partial charge in [0.1, 0.15) is 0 Å². The highest BCUT2D eigenvalue weighted by Gasteiger charge is 2.20.